The van der Waals surface area contributed by atoms with Crippen molar-refractivity contribution in [2.45, 2.75) is 22.7 Å². The summed E-state index contributed by atoms with van der Waals surface area (Å²) in [5.41, 5.74) is 2.04. The molecule has 0 bridgehead atoms. The number of benzene rings is 1. The number of hydrogen-bond donors (Lipinski definition) is 0. The maximum atomic E-state index is 11.9. The summed E-state index contributed by atoms with van der Waals surface area (Å²) in [6.45, 7) is 1.39. The van der Waals surface area contributed by atoms with Gasteiger partial charge >= 0.3 is 5.97 Å². The number of aromatic nitrogens is 2. The Labute approximate surface area is 178 Å². The smallest absolute Gasteiger partial charge is 0.338 e. The average Bonchev–Trinajstić information content (AvgIpc) is 3.33. The first kappa shape index (κ1) is 20.3. The number of ether oxygens (including phenoxy) is 4. The minimum atomic E-state index is -0.411. The second-order valence-corrected chi connectivity index (χ2v) is 7.49. The van der Waals surface area contributed by atoms with Crippen LogP contribution in [-0.4, -0.2) is 36.3 Å². The number of pyridine rings is 2. The van der Waals surface area contributed by atoms with Crippen molar-refractivity contribution in [1.29, 1.82) is 0 Å². The number of nitrogens with zero attached hydrogens (tertiary/aromatic N) is 2. The lowest BCUT2D eigenvalue weighted by molar-refractivity contribution is -0.0462. The summed E-state index contributed by atoms with van der Waals surface area (Å²) in [6.07, 6.45) is 6.33. The van der Waals surface area contributed by atoms with E-state index in [-0.39, 0.29) is 12.9 Å². The summed E-state index contributed by atoms with van der Waals surface area (Å²) in [7, 11) is 1.35. The van der Waals surface area contributed by atoms with Crippen LogP contribution in [0.3, 0.4) is 0 Å². The number of hydrogen-bond acceptors (Lipinski definition) is 8. The molecular formula is C22H20N2O5S. The molecule has 0 N–H and O–H groups in total. The van der Waals surface area contributed by atoms with Crippen molar-refractivity contribution in [2.75, 3.05) is 20.3 Å². The molecule has 7 nitrogen and oxygen atoms in total. The Morgan fingerprint density at radius 1 is 1.07 bits per heavy atom. The summed E-state index contributed by atoms with van der Waals surface area (Å²) in [5.74, 6) is 0.280. The molecule has 3 aromatic rings. The predicted molar refractivity (Wildman–Crippen MR) is 109 cm³/mol. The van der Waals surface area contributed by atoms with E-state index in [2.05, 4.69) is 9.97 Å². The summed E-state index contributed by atoms with van der Waals surface area (Å²) in [4.78, 5) is 22.2. The topological polar surface area (TPSA) is 79.8 Å². The van der Waals surface area contributed by atoms with Crippen LogP contribution in [0.4, 0.5) is 0 Å². The molecule has 1 aliphatic heterocycles. The molecular weight excluding hydrogens is 404 g/mol. The molecule has 1 aliphatic rings. The molecule has 0 saturated carbocycles. The van der Waals surface area contributed by atoms with Crippen LogP contribution in [0.5, 0.6) is 5.75 Å². The molecule has 30 heavy (non-hydrogen) atoms. The van der Waals surface area contributed by atoms with Crippen LogP contribution in [-0.2, 0) is 20.8 Å². The minimum Gasteiger partial charge on any atom is -0.489 e. The lowest BCUT2D eigenvalue weighted by Crippen LogP contribution is -2.08. The average molecular weight is 424 g/mol. The maximum Gasteiger partial charge on any atom is 0.338 e. The Bertz CT molecular complexity index is 1010. The second kappa shape index (κ2) is 9.71. The van der Waals surface area contributed by atoms with E-state index in [1.165, 1.54) is 7.11 Å². The van der Waals surface area contributed by atoms with E-state index in [9.17, 15) is 4.79 Å². The van der Waals surface area contributed by atoms with Crippen molar-refractivity contribution in [3.8, 4) is 5.75 Å². The zero-order valence-corrected chi connectivity index (χ0v) is 17.1. The number of methoxy groups -OCH3 is 1. The first-order valence-corrected chi connectivity index (χ1v) is 10.2. The van der Waals surface area contributed by atoms with Crippen molar-refractivity contribution in [3.63, 3.8) is 0 Å². The van der Waals surface area contributed by atoms with Gasteiger partial charge < -0.3 is 18.9 Å². The Morgan fingerprint density at radius 2 is 1.80 bits per heavy atom. The molecule has 8 heteroatoms. The molecule has 0 amide bonds. The van der Waals surface area contributed by atoms with Gasteiger partial charge in [0.25, 0.3) is 0 Å². The quantitative estimate of drug-likeness (QED) is 0.526. The molecule has 0 radical (unpaired) electrons. The van der Waals surface area contributed by atoms with E-state index in [0.29, 0.717) is 30.1 Å². The lowest BCUT2D eigenvalue weighted by Gasteiger charge is -2.14. The van der Waals surface area contributed by atoms with Crippen molar-refractivity contribution >= 4 is 17.7 Å². The van der Waals surface area contributed by atoms with Gasteiger partial charge in [0.05, 0.1) is 25.9 Å². The van der Waals surface area contributed by atoms with Gasteiger partial charge in [-0.05, 0) is 36.4 Å². The zero-order chi connectivity index (χ0) is 20.8. The number of carbonyl (C=O) groups excluding carboxylic acids is 1. The predicted octanol–water partition coefficient (Wildman–Crippen LogP) is 4.04. The van der Waals surface area contributed by atoms with E-state index >= 15 is 0 Å². The van der Waals surface area contributed by atoms with Crippen molar-refractivity contribution < 1.29 is 23.7 Å². The Morgan fingerprint density at radius 3 is 2.57 bits per heavy atom. The fraction of sp³-hybridized carbons (Fsp3) is 0.227. The third-order valence-corrected chi connectivity index (χ3v) is 5.54. The maximum absolute atomic E-state index is 11.9. The van der Waals surface area contributed by atoms with Gasteiger partial charge in [0, 0.05) is 45.7 Å². The molecule has 1 aromatic carbocycles. The van der Waals surface area contributed by atoms with Crippen molar-refractivity contribution in [1.82, 2.24) is 9.97 Å². The molecule has 0 atom stereocenters. The van der Waals surface area contributed by atoms with Gasteiger partial charge in [-0.1, -0.05) is 11.8 Å². The van der Waals surface area contributed by atoms with Crippen molar-refractivity contribution in [2.24, 2.45) is 0 Å². The SMILES string of the molecule is COC(=O)c1ccncc1COc1ccc(Sc2ccncc2C2OCCO2)cc1. The fourth-order valence-electron chi connectivity index (χ4n) is 2.95. The Kier molecular flexibility index (Phi) is 6.58. The van der Waals surface area contributed by atoms with Crippen LogP contribution in [0.15, 0.2) is 71.0 Å². The number of rotatable bonds is 7. The highest BCUT2D eigenvalue weighted by Crippen LogP contribution is 2.36. The highest BCUT2D eigenvalue weighted by molar-refractivity contribution is 7.99. The molecule has 0 unspecified atom stereocenters. The van der Waals surface area contributed by atoms with E-state index in [1.54, 1.807) is 42.6 Å². The van der Waals surface area contributed by atoms with Gasteiger partial charge in [-0.3, -0.25) is 9.97 Å². The zero-order valence-electron chi connectivity index (χ0n) is 16.3. The Hall–Kier alpha value is -2.94. The molecule has 154 valence electrons. The normalized spacial score (nSPS) is 13.9. The van der Waals surface area contributed by atoms with Crippen LogP contribution >= 0.6 is 11.8 Å². The van der Waals surface area contributed by atoms with E-state index in [1.807, 2.05) is 30.3 Å². The monoisotopic (exact) mass is 424 g/mol. The third-order valence-electron chi connectivity index (χ3n) is 4.44. The van der Waals surface area contributed by atoms with Crippen molar-refractivity contribution in [3.05, 3.63) is 77.9 Å². The largest absolute Gasteiger partial charge is 0.489 e. The summed E-state index contributed by atoms with van der Waals surface area (Å²) in [5, 5.41) is 0. The third kappa shape index (κ3) is 4.79. The van der Waals surface area contributed by atoms with Crippen LogP contribution in [0.2, 0.25) is 0 Å². The summed E-state index contributed by atoms with van der Waals surface area (Å²) < 4.78 is 21.9. The van der Waals surface area contributed by atoms with Gasteiger partial charge in [-0.25, -0.2) is 4.79 Å². The van der Waals surface area contributed by atoms with Crippen LogP contribution < -0.4 is 4.74 Å². The van der Waals surface area contributed by atoms with Gasteiger partial charge in [0.1, 0.15) is 12.4 Å². The van der Waals surface area contributed by atoms with Gasteiger partial charge in [-0.2, -0.15) is 0 Å². The minimum absolute atomic E-state index is 0.218. The van der Waals surface area contributed by atoms with E-state index in [0.717, 1.165) is 15.4 Å². The van der Waals surface area contributed by atoms with Gasteiger partial charge in [0.15, 0.2) is 6.29 Å². The van der Waals surface area contributed by atoms with Gasteiger partial charge in [0.2, 0.25) is 0 Å². The van der Waals surface area contributed by atoms with E-state index < -0.39 is 5.97 Å². The fourth-order valence-corrected chi connectivity index (χ4v) is 3.87. The lowest BCUT2D eigenvalue weighted by atomic mass is 10.1. The first-order chi connectivity index (χ1) is 14.7. The first-order valence-electron chi connectivity index (χ1n) is 9.33. The summed E-state index contributed by atoms with van der Waals surface area (Å²) >= 11 is 1.61. The molecule has 3 heterocycles. The number of carbonyl (C=O) groups is 1. The highest BCUT2D eigenvalue weighted by atomic mass is 32.2. The second-order valence-electron chi connectivity index (χ2n) is 6.37. The molecule has 1 saturated heterocycles. The molecule has 0 spiro atoms. The van der Waals surface area contributed by atoms with Gasteiger partial charge in [-0.15, -0.1) is 0 Å². The summed E-state index contributed by atoms with van der Waals surface area (Å²) in [6, 6.07) is 11.3. The molecule has 0 aliphatic carbocycles. The molecule has 1 fully saturated rings. The molecule has 2 aromatic heterocycles. The van der Waals surface area contributed by atoms with Crippen LogP contribution in [0.25, 0.3) is 0 Å². The Balaban J connectivity index is 1.42. The highest BCUT2D eigenvalue weighted by Gasteiger charge is 2.22. The molecule has 4 rings (SSSR count). The van der Waals surface area contributed by atoms with Crippen LogP contribution in [0.1, 0.15) is 27.8 Å². The number of esters is 1. The standard InChI is InChI=1S/C22H20N2O5S/c1-26-21(25)18-6-8-23-12-15(18)14-29-16-2-4-17(5-3-16)30-20-7-9-24-13-19(20)22-27-10-11-28-22/h2-9,12-13,22H,10-11,14H2,1H3. The van der Waals surface area contributed by atoms with Crippen LogP contribution in [0, 0.1) is 0 Å². The van der Waals surface area contributed by atoms with E-state index in [4.69, 9.17) is 18.9 Å².